The van der Waals surface area contributed by atoms with Gasteiger partial charge in [-0.05, 0) is 0 Å². The zero-order valence-corrected chi connectivity index (χ0v) is 6.52. The van der Waals surface area contributed by atoms with E-state index in [0.29, 0.717) is 0 Å². The number of hydrogen-bond acceptors (Lipinski definition) is 5. The summed E-state index contributed by atoms with van der Waals surface area (Å²) < 4.78 is 42.1. The van der Waals surface area contributed by atoms with E-state index in [9.17, 15) is 16.8 Å². The first-order chi connectivity index (χ1) is 4.33. The van der Waals surface area contributed by atoms with Crippen LogP contribution in [0.25, 0.3) is 0 Å². The Hall–Kier alpha value is -0.140. The molecule has 7 heteroatoms. The van der Waals surface area contributed by atoms with Crippen LogP contribution in [0.2, 0.25) is 0 Å². The SMILES string of the molecule is O=S1(=O)CC(O)S(=O)(=O)C1. The summed E-state index contributed by atoms with van der Waals surface area (Å²) in [5.41, 5.74) is -1.71. The van der Waals surface area contributed by atoms with E-state index in [2.05, 4.69) is 0 Å². The summed E-state index contributed by atoms with van der Waals surface area (Å²) in [4.78, 5) is 0. The number of sulfone groups is 2. The van der Waals surface area contributed by atoms with Gasteiger partial charge in [-0.1, -0.05) is 0 Å². The first kappa shape index (κ1) is 7.96. The van der Waals surface area contributed by atoms with Crippen molar-refractivity contribution in [3.63, 3.8) is 0 Å². The topological polar surface area (TPSA) is 88.5 Å². The molecule has 0 aromatic carbocycles. The molecule has 0 amide bonds. The molecule has 1 heterocycles. The van der Waals surface area contributed by atoms with Crippen LogP contribution in [0.5, 0.6) is 0 Å². The molecule has 0 radical (unpaired) electrons. The molecule has 0 aliphatic carbocycles. The Labute approximate surface area is 58.5 Å². The molecule has 60 valence electrons. The molecular formula is C3H6O5S2. The second-order valence-electron chi connectivity index (χ2n) is 2.15. The van der Waals surface area contributed by atoms with E-state index in [0.717, 1.165) is 0 Å². The maximum absolute atomic E-state index is 10.5. The Bertz CT molecular complexity index is 322. The van der Waals surface area contributed by atoms with E-state index in [-0.39, 0.29) is 0 Å². The molecule has 1 unspecified atom stereocenters. The summed E-state index contributed by atoms with van der Waals surface area (Å²) in [6.07, 6.45) is 0. The largest absolute Gasteiger partial charge is 0.376 e. The third-order valence-electron chi connectivity index (χ3n) is 1.15. The number of hydrogen-bond donors (Lipinski definition) is 1. The molecule has 0 spiro atoms. The van der Waals surface area contributed by atoms with Gasteiger partial charge in [-0.25, -0.2) is 16.8 Å². The van der Waals surface area contributed by atoms with Crippen molar-refractivity contribution in [1.29, 1.82) is 0 Å². The van der Waals surface area contributed by atoms with Gasteiger partial charge in [0.2, 0.25) is 0 Å². The van der Waals surface area contributed by atoms with Gasteiger partial charge in [0, 0.05) is 0 Å². The van der Waals surface area contributed by atoms with Crippen LogP contribution < -0.4 is 0 Å². The highest BCUT2D eigenvalue weighted by Gasteiger charge is 2.40. The van der Waals surface area contributed by atoms with Crippen molar-refractivity contribution in [2.45, 2.75) is 5.44 Å². The van der Waals surface area contributed by atoms with Gasteiger partial charge in [0.1, 0.15) is 0 Å². The van der Waals surface area contributed by atoms with Gasteiger partial charge in [0.15, 0.2) is 30.2 Å². The predicted molar refractivity (Wildman–Crippen MR) is 33.6 cm³/mol. The fraction of sp³-hybridized carbons (Fsp3) is 1.00. The van der Waals surface area contributed by atoms with E-state index in [1.807, 2.05) is 0 Å². The summed E-state index contributed by atoms with van der Waals surface area (Å²) in [5.74, 6) is -0.657. The third kappa shape index (κ3) is 1.30. The average Bonchev–Trinajstić information content (AvgIpc) is 1.73. The molecule has 1 fully saturated rings. The summed E-state index contributed by atoms with van der Waals surface area (Å²) in [6, 6.07) is 0. The van der Waals surface area contributed by atoms with Crippen molar-refractivity contribution in [3.05, 3.63) is 0 Å². The maximum Gasteiger partial charge on any atom is 0.192 e. The highest BCUT2D eigenvalue weighted by atomic mass is 32.3. The highest BCUT2D eigenvalue weighted by molar-refractivity contribution is 8.11. The van der Waals surface area contributed by atoms with Crippen LogP contribution in [-0.4, -0.2) is 38.2 Å². The standard InChI is InChI=1S/C3H6O5S2/c4-3-1-9(5,6)2-10(3,7)8/h3-4H,1-2H2. The van der Waals surface area contributed by atoms with Crippen molar-refractivity contribution < 1.29 is 21.9 Å². The van der Waals surface area contributed by atoms with Crippen LogP contribution in [0.3, 0.4) is 0 Å². The van der Waals surface area contributed by atoms with Crippen molar-refractivity contribution >= 4 is 19.7 Å². The molecule has 0 bridgehead atoms. The van der Waals surface area contributed by atoms with Crippen LogP contribution in [0.15, 0.2) is 0 Å². The molecule has 1 N–H and O–H groups in total. The molecule has 1 aliphatic heterocycles. The third-order valence-corrected chi connectivity index (χ3v) is 5.94. The van der Waals surface area contributed by atoms with Crippen LogP contribution in [0.1, 0.15) is 0 Å². The average molecular weight is 186 g/mol. The number of rotatable bonds is 0. The molecule has 1 aliphatic rings. The predicted octanol–water partition coefficient (Wildman–Crippen LogP) is -1.89. The smallest absolute Gasteiger partial charge is 0.192 e. The maximum atomic E-state index is 10.5. The lowest BCUT2D eigenvalue weighted by Gasteiger charge is -1.93. The lowest BCUT2D eigenvalue weighted by Crippen LogP contribution is -2.16. The number of aliphatic hydroxyl groups is 1. The number of aliphatic hydroxyl groups excluding tert-OH is 1. The Morgan fingerprint density at radius 3 is 1.80 bits per heavy atom. The van der Waals surface area contributed by atoms with Crippen molar-refractivity contribution in [1.82, 2.24) is 0 Å². The van der Waals surface area contributed by atoms with E-state index in [4.69, 9.17) is 5.11 Å². The summed E-state index contributed by atoms with van der Waals surface area (Å²) >= 11 is 0. The Morgan fingerprint density at radius 2 is 1.70 bits per heavy atom. The van der Waals surface area contributed by atoms with Gasteiger partial charge in [-0.3, -0.25) is 0 Å². The summed E-state index contributed by atoms with van der Waals surface area (Å²) in [7, 11) is -7.31. The fourth-order valence-electron chi connectivity index (χ4n) is 0.698. The molecule has 0 aromatic heterocycles. The Morgan fingerprint density at radius 1 is 1.20 bits per heavy atom. The van der Waals surface area contributed by atoms with Gasteiger partial charge in [-0.2, -0.15) is 0 Å². The van der Waals surface area contributed by atoms with Crippen molar-refractivity contribution in [2.24, 2.45) is 0 Å². The van der Waals surface area contributed by atoms with Gasteiger partial charge in [0.05, 0.1) is 5.75 Å². The molecule has 1 saturated heterocycles. The van der Waals surface area contributed by atoms with Crippen LogP contribution >= 0.6 is 0 Å². The van der Waals surface area contributed by atoms with E-state index in [1.165, 1.54) is 0 Å². The molecule has 0 aromatic rings. The zero-order valence-electron chi connectivity index (χ0n) is 4.89. The minimum absolute atomic E-state index is 0.657. The van der Waals surface area contributed by atoms with Crippen molar-refractivity contribution in [3.8, 4) is 0 Å². The van der Waals surface area contributed by atoms with Crippen LogP contribution in [0.4, 0.5) is 0 Å². The fourth-order valence-corrected chi connectivity index (χ4v) is 5.60. The van der Waals surface area contributed by atoms with Gasteiger partial charge < -0.3 is 5.11 Å². The molecule has 1 rings (SSSR count). The second kappa shape index (κ2) is 1.93. The first-order valence-corrected chi connectivity index (χ1v) is 5.97. The van der Waals surface area contributed by atoms with E-state index >= 15 is 0 Å². The molecule has 1 atom stereocenters. The van der Waals surface area contributed by atoms with Gasteiger partial charge >= 0.3 is 0 Å². The normalized spacial score (nSPS) is 35.9. The zero-order chi connectivity index (χ0) is 7.99. The first-order valence-electron chi connectivity index (χ1n) is 2.43. The monoisotopic (exact) mass is 186 g/mol. The summed E-state index contributed by atoms with van der Waals surface area (Å²) in [5, 5.41) is 7.71. The lowest BCUT2D eigenvalue weighted by atomic mass is 10.9. The second-order valence-corrected chi connectivity index (χ2v) is 6.78. The highest BCUT2D eigenvalue weighted by Crippen LogP contribution is 2.15. The van der Waals surface area contributed by atoms with E-state index in [1.54, 1.807) is 0 Å². The molecule has 5 nitrogen and oxygen atoms in total. The minimum Gasteiger partial charge on any atom is -0.376 e. The Balaban J connectivity index is 3.16. The molecule has 10 heavy (non-hydrogen) atoms. The Kier molecular flexibility index (Phi) is 1.53. The molecule has 0 saturated carbocycles. The van der Waals surface area contributed by atoms with E-state index < -0.39 is 35.9 Å². The summed E-state index contributed by atoms with van der Waals surface area (Å²) in [6.45, 7) is 0. The minimum atomic E-state index is -3.77. The van der Waals surface area contributed by atoms with Crippen molar-refractivity contribution in [2.75, 3.05) is 10.8 Å². The molecular weight excluding hydrogens is 180 g/mol. The van der Waals surface area contributed by atoms with Crippen LogP contribution in [0, 0.1) is 0 Å². The quantitative estimate of drug-likeness (QED) is 0.477. The van der Waals surface area contributed by atoms with Gasteiger partial charge in [0.25, 0.3) is 0 Å². The lowest BCUT2D eigenvalue weighted by molar-refractivity contribution is 0.274. The van der Waals surface area contributed by atoms with Crippen LogP contribution in [-0.2, 0) is 19.7 Å². The van der Waals surface area contributed by atoms with Gasteiger partial charge in [-0.15, -0.1) is 0 Å².